The van der Waals surface area contributed by atoms with Crippen molar-refractivity contribution >= 4 is 9.84 Å². The van der Waals surface area contributed by atoms with Crippen LogP contribution in [0.15, 0.2) is 30.3 Å². The van der Waals surface area contributed by atoms with Crippen LogP contribution in [0.25, 0.3) is 0 Å². The van der Waals surface area contributed by atoms with E-state index in [1.165, 1.54) is 6.26 Å². The molecule has 0 saturated heterocycles. The third-order valence-corrected chi connectivity index (χ3v) is 3.84. The summed E-state index contributed by atoms with van der Waals surface area (Å²) in [5.41, 5.74) is 0. The summed E-state index contributed by atoms with van der Waals surface area (Å²) in [6.45, 7) is 3.16. The van der Waals surface area contributed by atoms with E-state index in [0.29, 0.717) is 13.2 Å². The second kappa shape index (κ2) is 6.75. The number of rotatable bonds is 7. The number of likely N-dealkylation sites (N-methyl/N-ethyl adjacent to an activating group) is 1. The summed E-state index contributed by atoms with van der Waals surface area (Å²) < 4.78 is 27.9. The highest BCUT2D eigenvalue weighted by atomic mass is 32.2. The Balaban J connectivity index is 2.31. The summed E-state index contributed by atoms with van der Waals surface area (Å²) in [5, 5.41) is 0. The van der Waals surface area contributed by atoms with E-state index in [9.17, 15) is 8.42 Å². The second-order valence-corrected chi connectivity index (χ2v) is 6.77. The lowest BCUT2D eigenvalue weighted by atomic mass is 10.3. The highest BCUT2D eigenvalue weighted by molar-refractivity contribution is 7.90. The molecule has 0 aliphatic carbocycles. The zero-order valence-corrected chi connectivity index (χ0v) is 12.0. The summed E-state index contributed by atoms with van der Waals surface area (Å²) in [6.07, 6.45) is 1.26. The average Bonchev–Trinajstić information content (AvgIpc) is 2.28. The Labute approximate surface area is 109 Å². The van der Waals surface area contributed by atoms with E-state index in [0.717, 1.165) is 5.75 Å². The molecular weight excluding hydrogens is 250 g/mol. The first-order chi connectivity index (χ1) is 8.38. The third-order valence-electron chi connectivity index (χ3n) is 2.75. The van der Waals surface area contributed by atoms with Crippen molar-refractivity contribution < 1.29 is 13.2 Å². The van der Waals surface area contributed by atoms with Gasteiger partial charge >= 0.3 is 0 Å². The zero-order valence-electron chi connectivity index (χ0n) is 11.2. The van der Waals surface area contributed by atoms with Gasteiger partial charge in [-0.25, -0.2) is 8.42 Å². The fraction of sp³-hybridized carbons (Fsp3) is 0.538. The normalized spacial score (nSPS) is 13.6. The van der Waals surface area contributed by atoms with Gasteiger partial charge in [-0.15, -0.1) is 0 Å². The number of sulfone groups is 1. The first kappa shape index (κ1) is 15.0. The van der Waals surface area contributed by atoms with Crippen molar-refractivity contribution in [3.05, 3.63) is 30.3 Å². The number of hydrogen-bond acceptors (Lipinski definition) is 4. The minimum absolute atomic E-state index is 0.000580. The van der Waals surface area contributed by atoms with Gasteiger partial charge in [0.05, 0.1) is 5.75 Å². The van der Waals surface area contributed by atoms with Crippen LogP contribution in [0.3, 0.4) is 0 Å². The number of hydrogen-bond donors (Lipinski definition) is 0. The van der Waals surface area contributed by atoms with Crippen LogP contribution >= 0.6 is 0 Å². The number of ether oxygens (including phenoxy) is 1. The lowest BCUT2D eigenvalue weighted by Gasteiger charge is -2.23. The van der Waals surface area contributed by atoms with E-state index in [1.54, 1.807) is 0 Å². The molecule has 0 N–H and O–H groups in total. The molecule has 0 amide bonds. The minimum atomic E-state index is -2.93. The van der Waals surface area contributed by atoms with Crippen molar-refractivity contribution in [2.24, 2.45) is 0 Å². The fourth-order valence-corrected chi connectivity index (χ4v) is 2.74. The van der Waals surface area contributed by atoms with Gasteiger partial charge in [-0.3, -0.25) is 4.90 Å². The van der Waals surface area contributed by atoms with E-state index in [2.05, 4.69) is 0 Å². The van der Waals surface area contributed by atoms with Crippen LogP contribution in [0.5, 0.6) is 5.75 Å². The molecule has 0 unspecified atom stereocenters. The average molecular weight is 271 g/mol. The fourth-order valence-electron chi connectivity index (χ4n) is 1.61. The molecule has 5 heteroatoms. The van der Waals surface area contributed by atoms with Gasteiger partial charge < -0.3 is 4.74 Å². The summed E-state index contributed by atoms with van der Waals surface area (Å²) in [5.74, 6) is 1.01. The smallest absolute Gasteiger partial charge is 0.148 e. The molecule has 1 rings (SSSR count). The Hall–Kier alpha value is -1.07. The number of para-hydroxylation sites is 1. The highest BCUT2D eigenvalue weighted by Gasteiger charge is 2.14. The van der Waals surface area contributed by atoms with Gasteiger partial charge in [0.1, 0.15) is 22.2 Å². The maximum atomic E-state index is 11.2. The van der Waals surface area contributed by atoms with Gasteiger partial charge in [-0.1, -0.05) is 18.2 Å². The van der Waals surface area contributed by atoms with Gasteiger partial charge in [0.25, 0.3) is 0 Å². The lowest BCUT2D eigenvalue weighted by Crippen LogP contribution is -2.37. The molecule has 4 nitrogen and oxygen atoms in total. The third kappa shape index (κ3) is 6.02. The summed E-state index contributed by atoms with van der Waals surface area (Å²) in [4.78, 5) is 1.99. The van der Waals surface area contributed by atoms with E-state index in [-0.39, 0.29) is 11.8 Å². The molecule has 0 bridgehead atoms. The standard InChI is InChI=1S/C13H21NO3S/c1-12(11-18(3,15)16)14(2)9-10-17-13-7-5-4-6-8-13/h4-8,12H,9-11H2,1-3H3/t12-/m0/s1. The zero-order chi connectivity index (χ0) is 13.6. The molecule has 0 aliphatic rings. The molecule has 0 spiro atoms. The highest BCUT2D eigenvalue weighted by Crippen LogP contribution is 2.08. The van der Waals surface area contributed by atoms with Crippen molar-refractivity contribution in [2.75, 3.05) is 32.2 Å². The van der Waals surface area contributed by atoms with Crippen LogP contribution in [0, 0.1) is 0 Å². The van der Waals surface area contributed by atoms with Gasteiger partial charge in [-0.05, 0) is 26.1 Å². The lowest BCUT2D eigenvalue weighted by molar-refractivity contribution is 0.209. The van der Waals surface area contributed by atoms with Crippen molar-refractivity contribution in [2.45, 2.75) is 13.0 Å². The summed E-state index contributed by atoms with van der Waals surface area (Å²) >= 11 is 0. The van der Waals surface area contributed by atoms with Crippen molar-refractivity contribution in [3.8, 4) is 5.75 Å². The maximum absolute atomic E-state index is 11.2. The van der Waals surface area contributed by atoms with Crippen molar-refractivity contribution in [1.82, 2.24) is 4.90 Å². The SMILES string of the molecule is C[C@@H](CS(C)(=O)=O)N(C)CCOc1ccccc1. The Morgan fingerprint density at radius 2 is 1.89 bits per heavy atom. The Morgan fingerprint density at radius 1 is 1.28 bits per heavy atom. The summed E-state index contributed by atoms with van der Waals surface area (Å²) in [7, 11) is -1.02. The second-order valence-electron chi connectivity index (χ2n) is 4.58. The van der Waals surface area contributed by atoms with Gasteiger partial charge in [0.2, 0.25) is 0 Å². The molecule has 102 valence electrons. The number of benzene rings is 1. The monoisotopic (exact) mass is 271 g/mol. The molecule has 0 heterocycles. The molecule has 1 atom stereocenters. The Kier molecular flexibility index (Phi) is 5.62. The van der Waals surface area contributed by atoms with Crippen LogP contribution in [0.4, 0.5) is 0 Å². The molecule has 1 aromatic carbocycles. The largest absolute Gasteiger partial charge is 0.492 e. The molecule has 0 aromatic heterocycles. The van der Waals surface area contributed by atoms with Gasteiger partial charge in [0.15, 0.2) is 0 Å². The minimum Gasteiger partial charge on any atom is -0.492 e. The van der Waals surface area contributed by atoms with E-state index in [4.69, 9.17) is 4.74 Å². The molecule has 0 saturated carbocycles. The molecule has 0 fully saturated rings. The number of nitrogens with zero attached hydrogens (tertiary/aromatic N) is 1. The van der Waals surface area contributed by atoms with E-state index >= 15 is 0 Å². The molecule has 0 radical (unpaired) electrons. The molecule has 1 aromatic rings. The van der Waals surface area contributed by atoms with Crippen molar-refractivity contribution in [3.63, 3.8) is 0 Å². The topological polar surface area (TPSA) is 46.6 Å². The Morgan fingerprint density at radius 3 is 2.44 bits per heavy atom. The first-order valence-corrected chi connectivity index (χ1v) is 8.00. The quantitative estimate of drug-likeness (QED) is 0.752. The molecular formula is C13H21NO3S. The van der Waals surface area contributed by atoms with E-state index in [1.807, 2.05) is 49.2 Å². The molecule has 0 aliphatic heterocycles. The summed E-state index contributed by atoms with van der Waals surface area (Å²) in [6, 6.07) is 9.59. The predicted molar refractivity (Wildman–Crippen MR) is 73.7 cm³/mol. The molecule has 18 heavy (non-hydrogen) atoms. The predicted octanol–water partition coefficient (Wildman–Crippen LogP) is 1.43. The van der Waals surface area contributed by atoms with Crippen LogP contribution in [-0.4, -0.2) is 51.6 Å². The van der Waals surface area contributed by atoms with E-state index < -0.39 is 9.84 Å². The van der Waals surface area contributed by atoms with Gasteiger partial charge in [0, 0.05) is 18.8 Å². The van der Waals surface area contributed by atoms with Gasteiger partial charge in [-0.2, -0.15) is 0 Å². The van der Waals surface area contributed by atoms with Crippen LogP contribution < -0.4 is 4.74 Å². The Bertz CT molecular complexity index is 445. The first-order valence-electron chi connectivity index (χ1n) is 5.94. The van der Waals surface area contributed by atoms with Crippen LogP contribution in [0.1, 0.15) is 6.92 Å². The maximum Gasteiger partial charge on any atom is 0.148 e. The van der Waals surface area contributed by atoms with Crippen LogP contribution in [0.2, 0.25) is 0 Å². The van der Waals surface area contributed by atoms with Crippen molar-refractivity contribution in [1.29, 1.82) is 0 Å². The van der Waals surface area contributed by atoms with Crippen LogP contribution in [-0.2, 0) is 9.84 Å².